The molecule has 14 heavy (non-hydrogen) atoms. The maximum atomic E-state index is 5.33. The molecule has 0 aromatic rings. The third kappa shape index (κ3) is 8.52. The van der Waals surface area contributed by atoms with E-state index in [4.69, 9.17) is 4.74 Å². The highest BCUT2D eigenvalue weighted by Crippen LogP contribution is 2.20. The third-order valence-corrected chi connectivity index (χ3v) is 2.38. The van der Waals surface area contributed by atoms with Crippen LogP contribution in [0.5, 0.6) is 0 Å². The maximum Gasteiger partial charge on any atom is 0.0466 e. The van der Waals surface area contributed by atoms with Crippen LogP contribution in [0.1, 0.15) is 47.0 Å². The Kier molecular flexibility index (Phi) is 8.20. The Morgan fingerprint density at radius 2 is 1.93 bits per heavy atom. The highest BCUT2D eigenvalue weighted by Gasteiger charge is 2.16. The van der Waals surface area contributed by atoms with Gasteiger partial charge in [0.1, 0.15) is 0 Å². The molecule has 0 aliphatic heterocycles. The van der Waals surface area contributed by atoms with Gasteiger partial charge in [0.2, 0.25) is 0 Å². The molecular weight excluding hydrogens is 174 g/mol. The van der Waals surface area contributed by atoms with Gasteiger partial charge in [-0.2, -0.15) is 0 Å². The average molecular weight is 201 g/mol. The fourth-order valence-corrected chi connectivity index (χ4v) is 1.49. The molecule has 0 heterocycles. The predicted octanol–water partition coefficient (Wildman–Crippen LogP) is 2.83. The minimum Gasteiger partial charge on any atom is -0.382 e. The lowest BCUT2D eigenvalue weighted by molar-refractivity contribution is 0.132. The van der Waals surface area contributed by atoms with Gasteiger partial charge >= 0.3 is 0 Å². The van der Waals surface area contributed by atoms with Crippen LogP contribution in [-0.4, -0.2) is 26.3 Å². The van der Waals surface area contributed by atoms with Gasteiger partial charge in [0.15, 0.2) is 0 Å². The van der Waals surface area contributed by atoms with E-state index >= 15 is 0 Å². The molecule has 0 aromatic carbocycles. The molecule has 0 saturated heterocycles. The average Bonchev–Trinajstić information content (AvgIpc) is 2.13. The van der Waals surface area contributed by atoms with Crippen LogP contribution in [0.15, 0.2) is 0 Å². The minimum atomic E-state index is 0.409. The van der Waals surface area contributed by atoms with E-state index in [2.05, 4.69) is 26.1 Å². The van der Waals surface area contributed by atoms with Crippen molar-refractivity contribution in [3.05, 3.63) is 0 Å². The summed E-state index contributed by atoms with van der Waals surface area (Å²) in [6, 6.07) is 0. The van der Waals surface area contributed by atoms with Crippen molar-refractivity contribution in [1.82, 2.24) is 5.32 Å². The number of hydrogen-bond acceptors (Lipinski definition) is 2. The van der Waals surface area contributed by atoms with Crippen LogP contribution in [0.25, 0.3) is 0 Å². The zero-order chi connectivity index (χ0) is 10.9. The van der Waals surface area contributed by atoms with E-state index < -0.39 is 0 Å². The van der Waals surface area contributed by atoms with Gasteiger partial charge in [0, 0.05) is 19.8 Å². The summed E-state index contributed by atoms with van der Waals surface area (Å²) >= 11 is 0. The Bertz CT molecular complexity index is 123. The zero-order valence-corrected chi connectivity index (χ0v) is 10.4. The van der Waals surface area contributed by atoms with Crippen LogP contribution in [-0.2, 0) is 4.74 Å². The normalized spacial score (nSPS) is 12.0. The van der Waals surface area contributed by atoms with Crippen molar-refractivity contribution in [2.24, 2.45) is 5.41 Å². The Labute approximate surface area is 89.4 Å². The third-order valence-electron chi connectivity index (χ3n) is 2.38. The van der Waals surface area contributed by atoms with Gasteiger partial charge in [-0.25, -0.2) is 0 Å². The first-order chi connectivity index (χ1) is 6.62. The molecule has 0 aromatic heterocycles. The molecule has 0 amide bonds. The summed E-state index contributed by atoms with van der Waals surface area (Å²) in [7, 11) is 0. The maximum absolute atomic E-state index is 5.33. The molecule has 1 N–H and O–H groups in total. The first kappa shape index (κ1) is 13.9. The monoisotopic (exact) mass is 201 g/mol. The Hall–Kier alpha value is -0.0800. The molecule has 0 spiro atoms. The zero-order valence-electron chi connectivity index (χ0n) is 10.4. The van der Waals surface area contributed by atoms with Gasteiger partial charge < -0.3 is 10.1 Å². The first-order valence-electron chi connectivity index (χ1n) is 5.91. The van der Waals surface area contributed by atoms with Crippen LogP contribution in [0, 0.1) is 5.41 Å². The topological polar surface area (TPSA) is 21.3 Å². The lowest BCUT2D eigenvalue weighted by atomic mass is 9.88. The lowest BCUT2D eigenvalue weighted by Crippen LogP contribution is -2.30. The summed E-state index contributed by atoms with van der Waals surface area (Å²) in [5.74, 6) is 0. The van der Waals surface area contributed by atoms with Crippen LogP contribution in [0.2, 0.25) is 0 Å². The molecule has 0 fully saturated rings. The van der Waals surface area contributed by atoms with Crippen molar-refractivity contribution in [1.29, 1.82) is 0 Å². The van der Waals surface area contributed by atoms with Crippen molar-refractivity contribution < 1.29 is 4.74 Å². The van der Waals surface area contributed by atoms with Crippen molar-refractivity contribution in [3.8, 4) is 0 Å². The van der Waals surface area contributed by atoms with E-state index in [1.807, 2.05) is 6.92 Å². The van der Waals surface area contributed by atoms with E-state index in [1.54, 1.807) is 0 Å². The quantitative estimate of drug-likeness (QED) is 0.579. The standard InChI is InChI=1S/C12H27NO/c1-5-9-13-11-12(3,4)8-7-10-14-6-2/h13H,5-11H2,1-4H3. The summed E-state index contributed by atoms with van der Waals surface area (Å²) in [5.41, 5.74) is 0.409. The molecule has 0 aliphatic carbocycles. The van der Waals surface area contributed by atoms with Gasteiger partial charge in [-0.15, -0.1) is 0 Å². The smallest absolute Gasteiger partial charge is 0.0466 e. The minimum absolute atomic E-state index is 0.409. The molecule has 0 radical (unpaired) electrons. The summed E-state index contributed by atoms with van der Waals surface area (Å²) in [6.07, 6.45) is 3.63. The van der Waals surface area contributed by atoms with Crippen molar-refractivity contribution in [2.45, 2.75) is 47.0 Å². The molecule has 0 saturated carbocycles. The van der Waals surface area contributed by atoms with Crippen LogP contribution < -0.4 is 5.32 Å². The van der Waals surface area contributed by atoms with Gasteiger partial charge in [-0.05, 0) is 38.1 Å². The molecule has 0 aliphatic rings. The second kappa shape index (κ2) is 8.25. The molecule has 0 rings (SSSR count). The number of ether oxygens (including phenoxy) is 1. The van der Waals surface area contributed by atoms with E-state index in [0.29, 0.717) is 5.41 Å². The number of nitrogens with one attached hydrogen (secondary N) is 1. The van der Waals surface area contributed by atoms with Gasteiger partial charge in [-0.3, -0.25) is 0 Å². The van der Waals surface area contributed by atoms with Gasteiger partial charge in [0.05, 0.1) is 0 Å². The summed E-state index contributed by atoms with van der Waals surface area (Å²) in [6.45, 7) is 12.9. The summed E-state index contributed by atoms with van der Waals surface area (Å²) in [4.78, 5) is 0. The Balaban J connectivity index is 3.40. The Morgan fingerprint density at radius 1 is 1.21 bits per heavy atom. The fourth-order valence-electron chi connectivity index (χ4n) is 1.49. The highest BCUT2D eigenvalue weighted by atomic mass is 16.5. The second-order valence-corrected chi connectivity index (χ2v) is 4.64. The molecular formula is C12H27NO. The van der Waals surface area contributed by atoms with Crippen molar-refractivity contribution in [2.75, 3.05) is 26.3 Å². The highest BCUT2D eigenvalue weighted by molar-refractivity contribution is 4.71. The predicted molar refractivity (Wildman–Crippen MR) is 62.7 cm³/mol. The van der Waals surface area contributed by atoms with E-state index in [1.165, 1.54) is 19.3 Å². The lowest BCUT2D eigenvalue weighted by Gasteiger charge is -2.24. The largest absolute Gasteiger partial charge is 0.382 e. The molecule has 0 bridgehead atoms. The molecule has 2 nitrogen and oxygen atoms in total. The van der Waals surface area contributed by atoms with E-state index in [0.717, 1.165) is 26.3 Å². The van der Waals surface area contributed by atoms with Gasteiger partial charge in [-0.1, -0.05) is 20.8 Å². The van der Waals surface area contributed by atoms with Crippen molar-refractivity contribution in [3.63, 3.8) is 0 Å². The second-order valence-electron chi connectivity index (χ2n) is 4.64. The van der Waals surface area contributed by atoms with E-state index in [9.17, 15) is 0 Å². The number of hydrogen-bond donors (Lipinski definition) is 1. The number of rotatable bonds is 9. The van der Waals surface area contributed by atoms with Crippen LogP contribution in [0.3, 0.4) is 0 Å². The molecule has 0 atom stereocenters. The van der Waals surface area contributed by atoms with Gasteiger partial charge in [0.25, 0.3) is 0 Å². The first-order valence-corrected chi connectivity index (χ1v) is 5.91. The molecule has 0 unspecified atom stereocenters. The molecule has 86 valence electrons. The fraction of sp³-hybridized carbons (Fsp3) is 1.00. The van der Waals surface area contributed by atoms with Crippen LogP contribution >= 0.6 is 0 Å². The summed E-state index contributed by atoms with van der Waals surface area (Å²) < 4.78 is 5.33. The molecule has 2 heteroatoms. The van der Waals surface area contributed by atoms with Crippen LogP contribution in [0.4, 0.5) is 0 Å². The summed E-state index contributed by atoms with van der Waals surface area (Å²) in [5, 5.41) is 3.48. The van der Waals surface area contributed by atoms with E-state index in [-0.39, 0.29) is 0 Å². The Morgan fingerprint density at radius 3 is 2.50 bits per heavy atom. The SMILES string of the molecule is CCCNCC(C)(C)CCCOCC. The van der Waals surface area contributed by atoms with Crippen molar-refractivity contribution >= 4 is 0 Å².